The van der Waals surface area contributed by atoms with Crippen molar-refractivity contribution >= 4 is 5.91 Å². The first-order valence-corrected chi connectivity index (χ1v) is 6.84. The number of aromatic nitrogens is 2. The average Bonchev–Trinajstić information content (AvgIpc) is 3.06. The van der Waals surface area contributed by atoms with Gasteiger partial charge in [-0.3, -0.25) is 9.59 Å². The maximum atomic E-state index is 12.4. The first-order chi connectivity index (χ1) is 9.70. The van der Waals surface area contributed by atoms with E-state index in [0.717, 1.165) is 12.8 Å². The van der Waals surface area contributed by atoms with Gasteiger partial charge in [-0.1, -0.05) is 0 Å². The van der Waals surface area contributed by atoms with E-state index in [-0.39, 0.29) is 29.4 Å². The number of carbonyl (C=O) groups is 1. The normalized spacial score (nSPS) is 28.7. The molecule has 106 valence electrons. The summed E-state index contributed by atoms with van der Waals surface area (Å²) in [5, 5.41) is 0. The molecule has 0 unspecified atom stereocenters. The molecule has 7 heteroatoms. The lowest BCUT2D eigenvalue weighted by Crippen LogP contribution is -2.32. The van der Waals surface area contributed by atoms with E-state index in [1.165, 1.54) is 6.07 Å². The van der Waals surface area contributed by atoms with Gasteiger partial charge in [-0.25, -0.2) is 4.98 Å². The molecule has 0 radical (unpaired) electrons. The zero-order chi connectivity index (χ0) is 13.7. The Morgan fingerprint density at radius 2 is 2.00 bits per heavy atom. The minimum absolute atomic E-state index is 0.0520. The van der Waals surface area contributed by atoms with Gasteiger partial charge in [0.2, 0.25) is 0 Å². The molecule has 4 rings (SSSR count). The van der Waals surface area contributed by atoms with Crippen LogP contribution in [-0.4, -0.2) is 52.9 Å². The van der Waals surface area contributed by atoms with E-state index in [1.807, 2.05) is 0 Å². The van der Waals surface area contributed by atoms with Crippen LogP contribution in [0.15, 0.2) is 10.9 Å². The number of ether oxygens (including phenoxy) is 2. The number of hydrogen-bond acceptors (Lipinski definition) is 5. The maximum Gasteiger partial charge on any atom is 0.272 e. The SMILES string of the molecule is O=C(c1cc(=O)[nH]c(C2CC2)n1)N1C[C@@H]2OCO[C@@H]2C1. The van der Waals surface area contributed by atoms with Gasteiger partial charge >= 0.3 is 0 Å². The van der Waals surface area contributed by atoms with Gasteiger partial charge in [-0.15, -0.1) is 0 Å². The van der Waals surface area contributed by atoms with E-state index in [2.05, 4.69) is 9.97 Å². The Kier molecular flexibility index (Phi) is 2.64. The Hall–Kier alpha value is -1.73. The second kappa shape index (κ2) is 4.39. The fourth-order valence-corrected chi connectivity index (χ4v) is 2.74. The van der Waals surface area contributed by atoms with E-state index in [9.17, 15) is 9.59 Å². The van der Waals surface area contributed by atoms with E-state index in [4.69, 9.17) is 9.47 Å². The Balaban J connectivity index is 1.57. The minimum atomic E-state index is -0.267. The predicted molar refractivity (Wildman–Crippen MR) is 67.3 cm³/mol. The first-order valence-electron chi connectivity index (χ1n) is 6.84. The number of nitrogens with one attached hydrogen (secondary N) is 1. The van der Waals surface area contributed by atoms with E-state index < -0.39 is 0 Å². The molecule has 7 nitrogen and oxygen atoms in total. The van der Waals surface area contributed by atoms with Crippen LogP contribution in [0.2, 0.25) is 0 Å². The molecule has 1 N–H and O–H groups in total. The van der Waals surface area contributed by atoms with Crippen LogP contribution in [0.1, 0.15) is 35.1 Å². The van der Waals surface area contributed by atoms with Crippen molar-refractivity contribution in [3.05, 3.63) is 27.9 Å². The van der Waals surface area contributed by atoms with Crippen molar-refractivity contribution in [3.63, 3.8) is 0 Å². The zero-order valence-corrected chi connectivity index (χ0v) is 10.9. The van der Waals surface area contributed by atoms with Gasteiger partial charge in [0.1, 0.15) is 30.5 Å². The summed E-state index contributed by atoms with van der Waals surface area (Å²) in [6, 6.07) is 1.27. The molecule has 1 amide bonds. The van der Waals surface area contributed by atoms with Crippen LogP contribution >= 0.6 is 0 Å². The van der Waals surface area contributed by atoms with Crippen LogP contribution in [0.3, 0.4) is 0 Å². The van der Waals surface area contributed by atoms with E-state index >= 15 is 0 Å². The zero-order valence-electron chi connectivity index (χ0n) is 10.9. The third-order valence-corrected chi connectivity index (χ3v) is 4.01. The van der Waals surface area contributed by atoms with Crippen molar-refractivity contribution in [2.45, 2.75) is 31.0 Å². The third-order valence-electron chi connectivity index (χ3n) is 4.01. The molecule has 1 aliphatic carbocycles. The summed E-state index contributed by atoms with van der Waals surface area (Å²) in [5.41, 5.74) is -0.0484. The molecular weight excluding hydrogens is 262 g/mol. The lowest BCUT2D eigenvalue weighted by Gasteiger charge is -2.16. The lowest BCUT2D eigenvalue weighted by molar-refractivity contribution is 0.0150. The topological polar surface area (TPSA) is 84.5 Å². The van der Waals surface area contributed by atoms with Crippen LogP contribution < -0.4 is 5.56 Å². The maximum absolute atomic E-state index is 12.4. The highest BCUT2D eigenvalue weighted by atomic mass is 16.7. The molecule has 3 heterocycles. The largest absolute Gasteiger partial charge is 0.348 e. The van der Waals surface area contributed by atoms with Gasteiger partial charge in [0.15, 0.2) is 0 Å². The summed E-state index contributed by atoms with van der Waals surface area (Å²) >= 11 is 0. The second-order valence-corrected chi connectivity index (χ2v) is 5.53. The number of carbonyl (C=O) groups excluding carboxylic acids is 1. The monoisotopic (exact) mass is 277 g/mol. The van der Waals surface area contributed by atoms with Crippen molar-refractivity contribution in [2.75, 3.05) is 19.9 Å². The highest BCUT2D eigenvalue weighted by molar-refractivity contribution is 5.92. The molecule has 3 fully saturated rings. The molecule has 2 atom stereocenters. The number of aromatic amines is 1. The molecule has 1 saturated carbocycles. The number of nitrogens with zero attached hydrogens (tertiary/aromatic N) is 2. The highest BCUT2D eigenvalue weighted by Crippen LogP contribution is 2.37. The number of hydrogen-bond donors (Lipinski definition) is 1. The third kappa shape index (κ3) is 2.03. The standard InChI is InChI=1S/C13H15N3O4/c17-11-3-8(14-12(15-11)7-1-2-7)13(18)16-4-9-10(5-16)20-6-19-9/h3,7,9-10H,1-2,4-6H2,(H,14,15,17)/t9-,10+. The number of likely N-dealkylation sites (tertiary alicyclic amines) is 1. The lowest BCUT2D eigenvalue weighted by atomic mass is 10.3. The smallest absolute Gasteiger partial charge is 0.272 e. The Morgan fingerprint density at radius 1 is 1.30 bits per heavy atom. The summed E-state index contributed by atoms with van der Waals surface area (Å²) in [7, 11) is 0. The first kappa shape index (κ1) is 12.0. The van der Waals surface area contributed by atoms with Crippen LogP contribution in [0.4, 0.5) is 0 Å². The van der Waals surface area contributed by atoms with E-state index in [1.54, 1.807) is 4.90 Å². The molecule has 20 heavy (non-hydrogen) atoms. The van der Waals surface area contributed by atoms with Crippen LogP contribution in [0, 0.1) is 0 Å². The summed E-state index contributed by atoms with van der Waals surface area (Å²) in [5.74, 6) is 0.715. The number of amides is 1. The highest BCUT2D eigenvalue weighted by Gasteiger charge is 2.41. The second-order valence-electron chi connectivity index (χ2n) is 5.53. The number of rotatable bonds is 2. The van der Waals surface area contributed by atoms with Crippen LogP contribution in [0.25, 0.3) is 0 Å². The molecule has 2 aliphatic heterocycles. The minimum Gasteiger partial charge on any atom is -0.348 e. The quantitative estimate of drug-likeness (QED) is 0.812. The molecule has 1 aromatic heterocycles. The Bertz CT molecular complexity index is 598. The predicted octanol–water partition coefficient (Wildman–Crippen LogP) is -0.155. The summed E-state index contributed by atoms with van der Waals surface area (Å²) in [4.78, 5) is 32.7. The number of fused-ring (bicyclic) bond motifs is 1. The van der Waals surface area contributed by atoms with E-state index in [0.29, 0.717) is 31.6 Å². The number of H-pyrrole nitrogens is 1. The van der Waals surface area contributed by atoms with Crippen LogP contribution in [-0.2, 0) is 9.47 Å². The fourth-order valence-electron chi connectivity index (χ4n) is 2.74. The summed E-state index contributed by atoms with van der Waals surface area (Å²) in [6.07, 6.45) is 1.94. The average molecular weight is 277 g/mol. The Labute approximate surface area is 114 Å². The molecule has 1 aromatic rings. The molecule has 0 spiro atoms. The van der Waals surface area contributed by atoms with Gasteiger partial charge in [0.05, 0.1) is 13.1 Å². The van der Waals surface area contributed by atoms with Crippen molar-refractivity contribution in [1.82, 2.24) is 14.9 Å². The van der Waals surface area contributed by atoms with Crippen molar-refractivity contribution < 1.29 is 14.3 Å². The van der Waals surface area contributed by atoms with Crippen molar-refractivity contribution in [3.8, 4) is 0 Å². The van der Waals surface area contributed by atoms with Gasteiger partial charge < -0.3 is 19.4 Å². The molecule has 0 aromatic carbocycles. The van der Waals surface area contributed by atoms with Gasteiger partial charge in [0.25, 0.3) is 11.5 Å². The van der Waals surface area contributed by atoms with Gasteiger partial charge in [0, 0.05) is 12.0 Å². The molecule has 0 bridgehead atoms. The van der Waals surface area contributed by atoms with Crippen molar-refractivity contribution in [2.24, 2.45) is 0 Å². The summed E-state index contributed by atoms with van der Waals surface area (Å²) in [6.45, 7) is 1.29. The van der Waals surface area contributed by atoms with Crippen molar-refractivity contribution in [1.29, 1.82) is 0 Å². The molecular formula is C13H15N3O4. The van der Waals surface area contributed by atoms with Gasteiger partial charge in [-0.2, -0.15) is 0 Å². The molecule has 2 saturated heterocycles. The molecule has 3 aliphatic rings. The van der Waals surface area contributed by atoms with Gasteiger partial charge in [-0.05, 0) is 12.8 Å². The fraction of sp³-hybridized carbons (Fsp3) is 0.615. The van der Waals surface area contributed by atoms with Crippen LogP contribution in [0.5, 0.6) is 0 Å². The Morgan fingerprint density at radius 3 is 2.65 bits per heavy atom. The summed E-state index contributed by atoms with van der Waals surface area (Å²) < 4.78 is 10.8.